The van der Waals surface area contributed by atoms with E-state index in [0.717, 1.165) is 61.8 Å². The zero-order chi connectivity index (χ0) is 23.5. The fourth-order valence-corrected chi connectivity index (χ4v) is 5.81. The zero-order valence-corrected chi connectivity index (χ0v) is 20.5. The van der Waals surface area contributed by atoms with E-state index in [2.05, 4.69) is 75.9 Å². The number of nitrogens with zero attached hydrogens (tertiary/aromatic N) is 3. The second-order valence-corrected chi connectivity index (χ2v) is 10.0. The van der Waals surface area contributed by atoms with Crippen LogP contribution in [-0.2, 0) is 0 Å². The average molecular weight is 466 g/mol. The molecule has 6 rings (SSSR count). The van der Waals surface area contributed by atoms with Gasteiger partial charge in [-0.15, -0.1) is 10.2 Å². The molecule has 0 unspecified atom stereocenters. The van der Waals surface area contributed by atoms with Crippen LogP contribution >= 0.6 is 0 Å². The van der Waals surface area contributed by atoms with Gasteiger partial charge in [0.2, 0.25) is 0 Å². The highest BCUT2D eigenvalue weighted by molar-refractivity contribution is 5.72. The van der Waals surface area contributed by atoms with Crippen molar-refractivity contribution >= 4 is 11.1 Å². The van der Waals surface area contributed by atoms with E-state index in [1.54, 1.807) is 0 Å². The van der Waals surface area contributed by atoms with Crippen molar-refractivity contribution in [1.29, 1.82) is 0 Å². The van der Waals surface area contributed by atoms with E-state index in [-0.39, 0.29) is 0 Å². The normalized spacial score (nSPS) is 19.3. The van der Waals surface area contributed by atoms with Gasteiger partial charge in [-0.1, -0.05) is 79.9 Å². The van der Waals surface area contributed by atoms with Gasteiger partial charge in [0.25, 0.3) is 0 Å². The van der Waals surface area contributed by atoms with Crippen LogP contribution in [0.2, 0.25) is 0 Å². The summed E-state index contributed by atoms with van der Waals surface area (Å²) in [6, 6.07) is 18.4. The summed E-state index contributed by atoms with van der Waals surface area (Å²) < 4.78 is 2.44. The van der Waals surface area contributed by atoms with Crippen molar-refractivity contribution in [3.63, 3.8) is 0 Å². The molecule has 0 radical (unpaired) electrons. The summed E-state index contributed by atoms with van der Waals surface area (Å²) in [6.07, 6.45) is 13.1. The molecule has 3 aliphatic rings. The second-order valence-electron chi connectivity index (χ2n) is 10.0. The number of nitrogens with one attached hydrogen (secondary N) is 2. The van der Waals surface area contributed by atoms with Gasteiger partial charge in [-0.05, 0) is 61.0 Å². The first-order valence-corrected chi connectivity index (χ1v) is 13.3. The zero-order valence-electron chi connectivity index (χ0n) is 20.5. The van der Waals surface area contributed by atoms with Crippen LogP contribution in [0.25, 0.3) is 33.9 Å². The molecule has 1 fully saturated rings. The van der Waals surface area contributed by atoms with Crippen molar-refractivity contribution in [1.82, 2.24) is 25.4 Å². The van der Waals surface area contributed by atoms with Crippen LogP contribution in [0.3, 0.4) is 0 Å². The van der Waals surface area contributed by atoms with Crippen LogP contribution in [0.5, 0.6) is 0 Å². The van der Waals surface area contributed by atoms with E-state index >= 15 is 0 Å². The first-order chi connectivity index (χ1) is 17.4. The van der Waals surface area contributed by atoms with Gasteiger partial charge in [-0.25, -0.2) is 0 Å². The Morgan fingerprint density at radius 1 is 0.600 bits per heavy atom. The first kappa shape index (κ1) is 22.4. The molecule has 3 heterocycles. The van der Waals surface area contributed by atoms with Gasteiger partial charge in [0.15, 0.2) is 11.6 Å². The van der Waals surface area contributed by atoms with Gasteiger partial charge < -0.3 is 15.2 Å². The molecule has 0 bridgehead atoms. The van der Waals surface area contributed by atoms with Crippen LogP contribution in [0.15, 0.2) is 60.7 Å². The van der Waals surface area contributed by atoms with E-state index in [0.29, 0.717) is 6.04 Å². The van der Waals surface area contributed by atoms with Gasteiger partial charge >= 0.3 is 0 Å². The van der Waals surface area contributed by atoms with E-state index < -0.39 is 0 Å². The molecule has 180 valence electrons. The van der Waals surface area contributed by atoms with Gasteiger partial charge in [0, 0.05) is 30.3 Å². The standard InChI is InChI=1S/C30H35N5/c1-2-4-28(5-3-1)35-29(26-10-6-22(7-11-26)24-14-18-31-19-15-24)33-34-30(35)27-12-8-23(9-13-27)25-16-20-32-21-17-25/h6-14,16,28,31-32H,1-5,15,17-21H2. The maximum absolute atomic E-state index is 4.76. The molecule has 0 saturated heterocycles. The lowest BCUT2D eigenvalue weighted by atomic mass is 9.94. The summed E-state index contributed by atoms with van der Waals surface area (Å²) in [5, 5.41) is 16.3. The highest BCUT2D eigenvalue weighted by Gasteiger charge is 2.24. The molecule has 3 aromatic rings. The Kier molecular flexibility index (Phi) is 6.61. The van der Waals surface area contributed by atoms with Crippen LogP contribution in [-0.4, -0.2) is 40.9 Å². The van der Waals surface area contributed by atoms with Gasteiger partial charge in [-0.2, -0.15) is 0 Å². The lowest BCUT2D eigenvalue weighted by Gasteiger charge is -2.26. The molecule has 0 amide bonds. The number of hydrogen-bond donors (Lipinski definition) is 2. The maximum atomic E-state index is 4.76. The van der Waals surface area contributed by atoms with Crippen LogP contribution in [0.4, 0.5) is 0 Å². The Balaban J connectivity index is 1.35. The monoisotopic (exact) mass is 465 g/mol. The molecule has 2 aromatic carbocycles. The summed E-state index contributed by atoms with van der Waals surface area (Å²) in [5.41, 5.74) is 7.83. The van der Waals surface area contributed by atoms with Crippen molar-refractivity contribution in [3.05, 3.63) is 71.8 Å². The van der Waals surface area contributed by atoms with Gasteiger partial charge in [-0.3, -0.25) is 0 Å². The molecule has 2 aliphatic heterocycles. The number of benzene rings is 2. The predicted molar refractivity (Wildman–Crippen MR) is 144 cm³/mol. The van der Waals surface area contributed by atoms with Crippen molar-refractivity contribution in [3.8, 4) is 22.8 Å². The lowest BCUT2D eigenvalue weighted by Crippen LogP contribution is -2.20. The van der Waals surface area contributed by atoms with E-state index in [4.69, 9.17) is 10.2 Å². The van der Waals surface area contributed by atoms with Crippen LogP contribution in [0, 0.1) is 0 Å². The highest BCUT2D eigenvalue weighted by atomic mass is 15.3. The van der Waals surface area contributed by atoms with Crippen molar-refractivity contribution in [2.45, 2.75) is 51.0 Å². The van der Waals surface area contributed by atoms with E-state index in [1.807, 2.05) is 0 Å². The summed E-state index contributed by atoms with van der Waals surface area (Å²) in [4.78, 5) is 0. The minimum atomic E-state index is 0.461. The molecule has 0 atom stereocenters. The average Bonchev–Trinajstić information content (AvgIpc) is 3.40. The predicted octanol–water partition coefficient (Wildman–Crippen LogP) is 5.87. The molecule has 2 N–H and O–H groups in total. The number of rotatable bonds is 5. The molecule has 5 heteroatoms. The Morgan fingerprint density at radius 3 is 1.49 bits per heavy atom. The Morgan fingerprint density at radius 2 is 1.06 bits per heavy atom. The van der Waals surface area contributed by atoms with Crippen molar-refractivity contribution in [2.24, 2.45) is 0 Å². The molecule has 5 nitrogen and oxygen atoms in total. The maximum Gasteiger partial charge on any atom is 0.164 e. The van der Waals surface area contributed by atoms with Crippen molar-refractivity contribution in [2.75, 3.05) is 26.2 Å². The number of aromatic nitrogens is 3. The highest BCUT2D eigenvalue weighted by Crippen LogP contribution is 2.36. The minimum absolute atomic E-state index is 0.461. The summed E-state index contributed by atoms with van der Waals surface area (Å²) in [6.45, 7) is 4.03. The molecule has 1 aromatic heterocycles. The van der Waals surface area contributed by atoms with Gasteiger partial charge in [0.1, 0.15) is 0 Å². The van der Waals surface area contributed by atoms with E-state index in [1.165, 1.54) is 54.4 Å². The quantitative estimate of drug-likeness (QED) is 0.495. The smallest absolute Gasteiger partial charge is 0.164 e. The first-order valence-electron chi connectivity index (χ1n) is 13.3. The summed E-state index contributed by atoms with van der Waals surface area (Å²) in [7, 11) is 0. The summed E-state index contributed by atoms with van der Waals surface area (Å²) >= 11 is 0. The Labute approximate surface area is 208 Å². The largest absolute Gasteiger partial charge is 0.313 e. The topological polar surface area (TPSA) is 54.8 Å². The lowest BCUT2D eigenvalue weighted by molar-refractivity contribution is 0.357. The fraction of sp³-hybridized carbons (Fsp3) is 0.400. The fourth-order valence-electron chi connectivity index (χ4n) is 5.81. The Hall–Kier alpha value is -3.02. The third kappa shape index (κ3) is 4.75. The molecular formula is C30H35N5. The molecule has 1 aliphatic carbocycles. The van der Waals surface area contributed by atoms with Crippen LogP contribution in [0.1, 0.15) is 62.1 Å². The summed E-state index contributed by atoms with van der Waals surface area (Å²) in [5.74, 6) is 2.01. The molecule has 0 spiro atoms. The third-order valence-corrected chi connectivity index (χ3v) is 7.79. The van der Waals surface area contributed by atoms with Gasteiger partial charge in [0.05, 0.1) is 0 Å². The minimum Gasteiger partial charge on any atom is -0.313 e. The number of hydrogen-bond acceptors (Lipinski definition) is 4. The third-order valence-electron chi connectivity index (χ3n) is 7.79. The SMILES string of the molecule is C1=C(c2ccc(-c3nnc(-c4ccc(C5=CCNCC5)cc4)n3C3CCCCC3)cc2)CCNC1. The molecule has 35 heavy (non-hydrogen) atoms. The molecule has 1 saturated carbocycles. The molecular weight excluding hydrogens is 430 g/mol. The van der Waals surface area contributed by atoms with Crippen molar-refractivity contribution < 1.29 is 0 Å². The van der Waals surface area contributed by atoms with E-state index in [9.17, 15) is 0 Å². The second kappa shape index (κ2) is 10.3. The van der Waals surface area contributed by atoms with Crippen LogP contribution < -0.4 is 10.6 Å². The Bertz CT molecular complexity index is 1120.